The highest BCUT2D eigenvalue weighted by Crippen LogP contribution is 2.22. The Balaban J connectivity index is 1.38. The lowest BCUT2D eigenvalue weighted by Crippen LogP contribution is -2.25. The highest BCUT2D eigenvalue weighted by Gasteiger charge is 2.20. The molecule has 1 amide bonds. The molecule has 1 unspecified atom stereocenters. The molecular formula is C24H23N3O3. The molecule has 152 valence electrons. The van der Waals surface area contributed by atoms with Crippen molar-refractivity contribution in [2.24, 2.45) is 0 Å². The summed E-state index contributed by atoms with van der Waals surface area (Å²) in [6, 6.07) is 23.5. The third-order valence-corrected chi connectivity index (χ3v) is 5.02. The first-order valence-electron chi connectivity index (χ1n) is 9.87. The molecule has 1 atom stereocenters. The van der Waals surface area contributed by atoms with Gasteiger partial charge in [-0.25, -0.2) is 0 Å². The quantitative estimate of drug-likeness (QED) is 0.438. The van der Waals surface area contributed by atoms with Crippen LogP contribution in [-0.4, -0.2) is 28.2 Å². The summed E-state index contributed by atoms with van der Waals surface area (Å²) in [5.74, 6) is 0.928. The van der Waals surface area contributed by atoms with Crippen LogP contribution in [0.15, 0.2) is 81.8 Å². The number of nitrogens with zero attached hydrogens (tertiary/aromatic N) is 3. The molecule has 2 heterocycles. The summed E-state index contributed by atoms with van der Waals surface area (Å²) in [4.78, 5) is 14.3. The highest BCUT2D eigenvalue weighted by molar-refractivity contribution is 5.91. The molecule has 0 aliphatic carbocycles. The average Bonchev–Trinajstić information content (AvgIpc) is 3.44. The van der Waals surface area contributed by atoms with Crippen molar-refractivity contribution in [2.75, 3.05) is 7.05 Å². The number of carbonyl (C=O) groups is 1. The Morgan fingerprint density at radius 1 is 0.933 bits per heavy atom. The Hall–Kier alpha value is -3.67. The lowest BCUT2D eigenvalue weighted by atomic mass is 9.96. The molecule has 4 aromatic rings. The van der Waals surface area contributed by atoms with Crippen LogP contribution in [0, 0.1) is 0 Å². The van der Waals surface area contributed by atoms with Gasteiger partial charge in [0.25, 0.3) is 5.91 Å². The number of hydrogen-bond donors (Lipinski definition) is 0. The largest absolute Gasteiger partial charge is 0.356 e. The Morgan fingerprint density at radius 3 is 2.33 bits per heavy atom. The van der Waals surface area contributed by atoms with Crippen molar-refractivity contribution in [2.45, 2.75) is 25.8 Å². The first-order chi connectivity index (χ1) is 14.6. The zero-order valence-corrected chi connectivity index (χ0v) is 17.0. The SMILES string of the molecule is CC(Cc1cc(C(=O)N(C)Cc2cc(-c3ccccc3)on2)on1)c1ccccc1. The smallest absolute Gasteiger partial charge is 0.292 e. The van der Waals surface area contributed by atoms with Crippen molar-refractivity contribution in [1.82, 2.24) is 15.2 Å². The van der Waals surface area contributed by atoms with Crippen LogP contribution in [0.5, 0.6) is 0 Å². The molecule has 6 nitrogen and oxygen atoms in total. The van der Waals surface area contributed by atoms with Gasteiger partial charge < -0.3 is 13.9 Å². The molecule has 0 radical (unpaired) electrons. The van der Waals surface area contributed by atoms with Crippen molar-refractivity contribution >= 4 is 5.91 Å². The van der Waals surface area contributed by atoms with Crippen LogP contribution in [0.4, 0.5) is 0 Å². The van der Waals surface area contributed by atoms with E-state index in [0.717, 1.165) is 11.3 Å². The molecule has 0 fully saturated rings. The van der Waals surface area contributed by atoms with E-state index in [9.17, 15) is 4.79 Å². The second-order valence-electron chi connectivity index (χ2n) is 7.41. The lowest BCUT2D eigenvalue weighted by Gasteiger charge is -2.12. The molecule has 0 aliphatic heterocycles. The van der Waals surface area contributed by atoms with Crippen LogP contribution in [0.2, 0.25) is 0 Å². The molecule has 4 rings (SSSR count). The molecule has 30 heavy (non-hydrogen) atoms. The fourth-order valence-corrected chi connectivity index (χ4v) is 3.35. The predicted octanol–water partition coefficient (Wildman–Crippen LogP) is 4.95. The van der Waals surface area contributed by atoms with Crippen molar-refractivity contribution in [3.8, 4) is 11.3 Å². The van der Waals surface area contributed by atoms with Gasteiger partial charge in [-0.3, -0.25) is 4.79 Å². The molecule has 2 aromatic carbocycles. The van der Waals surface area contributed by atoms with Gasteiger partial charge in [0.1, 0.15) is 5.69 Å². The number of benzene rings is 2. The summed E-state index contributed by atoms with van der Waals surface area (Å²) in [6.07, 6.45) is 0.703. The Morgan fingerprint density at radius 2 is 1.60 bits per heavy atom. The summed E-state index contributed by atoms with van der Waals surface area (Å²) < 4.78 is 10.7. The molecule has 0 bridgehead atoms. The van der Waals surface area contributed by atoms with Crippen LogP contribution in [-0.2, 0) is 13.0 Å². The predicted molar refractivity (Wildman–Crippen MR) is 113 cm³/mol. The first-order valence-corrected chi connectivity index (χ1v) is 9.87. The lowest BCUT2D eigenvalue weighted by molar-refractivity contribution is 0.0740. The average molecular weight is 401 g/mol. The summed E-state index contributed by atoms with van der Waals surface area (Å²) in [5.41, 5.74) is 3.60. The maximum Gasteiger partial charge on any atom is 0.292 e. The summed E-state index contributed by atoms with van der Waals surface area (Å²) in [5, 5.41) is 8.15. The zero-order valence-electron chi connectivity index (χ0n) is 17.0. The summed E-state index contributed by atoms with van der Waals surface area (Å²) in [7, 11) is 1.70. The van der Waals surface area contributed by atoms with E-state index >= 15 is 0 Å². The van der Waals surface area contributed by atoms with Crippen molar-refractivity contribution in [3.63, 3.8) is 0 Å². The monoisotopic (exact) mass is 401 g/mol. The zero-order chi connectivity index (χ0) is 20.9. The molecule has 0 saturated heterocycles. The summed E-state index contributed by atoms with van der Waals surface area (Å²) >= 11 is 0. The Labute approximate surface area is 175 Å². The highest BCUT2D eigenvalue weighted by atomic mass is 16.5. The van der Waals surface area contributed by atoms with Crippen molar-refractivity contribution in [3.05, 3.63) is 95.5 Å². The third-order valence-electron chi connectivity index (χ3n) is 5.02. The number of amides is 1. The molecule has 0 N–H and O–H groups in total. The standard InChI is InChI=1S/C24H23N3O3/c1-17(18-9-5-3-6-10-18)13-20-14-23(30-25-20)24(28)27(2)16-21-15-22(29-26-21)19-11-7-4-8-12-19/h3-12,14-15,17H,13,16H2,1-2H3. The number of hydrogen-bond acceptors (Lipinski definition) is 5. The maximum atomic E-state index is 12.7. The summed E-state index contributed by atoms with van der Waals surface area (Å²) in [6.45, 7) is 2.44. The Bertz CT molecular complexity index is 1100. The third kappa shape index (κ3) is 4.49. The topological polar surface area (TPSA) is 72.4 Å². The minimum atomic E-state index is -0.245. The molecular weight excluding hydrogens is 378 g/mol. The fourth-order valence-electron chi connectivity index (χ4n) is 3.35. The molecule has 0 spiro atoms. The molecule has 0 saturated carbocycles. The van der Waals surface area contributed by atoms with E-state index in [1.165, 1.54) is 10.5 Å². The Kier molecular flexibility index (Phi) is 5.75. The van der Waals surface area contributed by atoms with E-state index in [1.54, 1.807) is 13.1 Å². The minimum Gasteiger partial charge on any atom is -0.356 e. The first kappa shape index (κ1) is 19.6. The fraction of sp³-hybridized carbons (Fsp3) is 0.208. The van der Waals surface area contributed by atoms with E-state index in [1.807, 2.05) is 54.6 Å². The van der Waals surface area contributed by atoms with E-state index < -0.39 is 0 Å². The molecule has 2 aromatic heterocycles. The van der Waals surface area contributed by atoms with Crippen LogP contribution < -0.4 is 0 Å². The van der Waals surface area contributed by atoms with Gasteiger partial charge in [-0.1, -0.05) is 77.9 Å². The van der Waals surface area contributed by atoms with Gasteiger partial charge in [0.05, 0.1) is 12.2 Å². The van der Waals surface area contributed by atoms with Gasteiger partial charge in [-0.2, -0.15) is 0 Å². The van der Waals surface area contributed by atoms with Crippen LogP contribution >= 0.6 is 0 Å². The van der Waals surface area contributed by atoms with Gasteiger partial charge >= 0.3 is 0 Å². The number of rotatable bonds is 7. The second-order valence-corrected chi connectivity index (χ2v) is 7.41. The van der Waals surface area contributed by atoms with Gasteiger partial charge in [-0.15, -0.1) is 0 Å². The maximum absolute atomic E-state index is 12.7. The van der Waals surface area contributed by atoms with Gasteiger partial charge in [-0.05, 0) is 17.9 Å². The van der Waals surface area contributed by atoms with Crippen LogP contribution in [0.1, 0.15) is 40.3 Å². The van der Waals surface area contributed by atoms with E-state index in [4.69, 9.17) is 9.05 Å². The van der Waals surface area contributed by atoms with Crippen LogP contribution in [0.25, 0.3) is 11.3 Å². The molecule has 6 heteroatoms. The molecule has 0 aliphatic rings. The number of aromatic nitrogens is 2. The van der Waals surface area contributed by atoms with Gasteiger partial charge in [0.2, 0.25) is 5.76 Å². The van der Waals surface area contributed by atoms with E-state index in [-0.39, 0.29) is 17.6 Å². The van der Waals surface area contributed by atoms with Gasteiger partial charge in [0, 0.05) is 24.7 Å². The van der Waals surface area contributed by atoms with Crippen LogP contribution in [0.3, 0.4) is 0 Å². The minimum absolute atomic E-state index is 0.222. The van der Waals surface area contributed by atoms with Gasteiger partial charge in [0.15, 0.2) is 5.76 Å². The van der Waals surface area contributed by atoms with E-state index in [0.29, 0.717) is 24.4 Å². The van der Waals surface area contributed by atoms with Crippen molar-refractivity contribution < 1.29 is 13.8 Å². The normalized spacial score (nSPS) is 11.9. The van der Waals surface area contributed by atoms with E-state index in [2.05, 4.69) is 29.4 Å². The van der Waals surface area contributed by atoms with Crippen molar-refractivity contribution in [1.29, 1.82) is 0 Å². The second kappa shape index (κ2) is 8.78. The number of carbonyl (C=O) groups excluding carboxylic acids is 1.